The average Bonchev–Trinajstić information content (AvgIpc) is 3.09. The number of anilines is 2. The molecule has 1 aliphatic heterocycles. The van der Waals surface area contributed by atoms with Gasteiger partial charge in [0.15, 0.2) is 0 Å². The molecule has 0 aliphatic carbocycles. The van der Waals surface area contributed by atoms with E-state index in [0.717, 1.165) is 11.3 Å². The molecular weight excluding hydrogens is 423 g/mol. The molecule has 1 aliphatic rings. The van der Waals surface area contributed by atoms with Gasteiger partial charge in [0, 0.05) is 18.4 Å². The highest BCUT2D eigenvalue weighted by molar-refractivity contribution is 7.10. The maximum absolute atomic E-state index is 13.4. The predicted molar refractivity (Wildman–Crippen MR) is 114 cm³/mol. The Balaban J connectivity index is 1.91. The summed E-state index contributed by atoms with van der Waals surface area (Å²) in [6.45, 7) is -0.328. The van der Waals surface area contributed by atoms with Crippen molar-refractivity contribution in [2.75, 3.05) is 19.1 Å². The summed E-state index contributed by atoms with van der Waals surface area (Å²) in [5.41, 5.74) is 1.23. The van der Waals surface area contributed by atoms with Gasteiger partial charge in [0.2, 0.25) is 5.91 Å². The number of hydrogen-bond acceptors (Lipinski definition) is 6. The van der Waals surface area contributed by atoms with Gasteiger partial charge in [0.1, 0.15) is 23.9 Å². The molecule has 0 N–H and O–H groups in total. The van der Waals surface area contributed by atoms with E-state index in [1.807, 2.05) is 0 Å². The van der Waals surface area contributed by atoms with Crippen LogP contribution in [0, 0.1) is 5.82 Å². The Labute approximate surface area is 181 Å². The van der Waals surface area contributed by atoms with Crippen LogP contribution in [0.2, 0.25) is 0 Å². The number of carbonyl (C=O) groups excluding carboxylic acids is 2. The third-order valence-electron chi connectivity index (χ3n) is 5.15. The number of halogens is 1. The fourth-order valence-electron chi connectivity index (χ4n) is 3.66. The molecule has 0 radical (unpaired) electrons. The highest BCUT2D eigenvalue weighted by Gasteiger charge is 2.38. The van der Waals surface area contributed by atoms with E-state index in [0.29, 0.717) is 27.7 Å². The second kappa shape index (κ2) is 8.35. The number of benzene rings is 2. The Bertz CT molecular complexity index is 1200. The van der Waals surface area contributed by atoms with Gasteiger partial charge in [-0.05, 0) is 29.8 Å². The number of amides is 1. The minimum absolute atomic E-state index is 0.0913. The second-order valence-electron chi connectivity index (χ2n) is 6.96. The first-order chi connectivity index (χ1) is 14.9. The average molecular weight is 442 g/mol. The van der Waals surface area contributed by atoms with E-state index >= 15 is 0 Å². The molecule has 160 valence electrons. The van der Waals surface area contributed by atoms with Gasteiger partial charge in [-0.15, -0.1) is 0 Å². The molecular formula is C22H19FN2O5S. The van der Waals surface area contributed by atoms with Gasteiger partial charge in [-0.25, -0.2) is 4.39 Å². The van der Waals surface area contributed by atoms with Crippen LogP contribution in [0.4, 0.5) is 15.9 Å². The highest BCUT2D eigenvalue weighted by Crippen LogP contribution is 2.45. The number of esters is 1. The molecule has 0 saturated carbocycles. The normalized spacial score (nSPS) is 15.5. The number of rotatable bonds is 5. The Kier molecular flexibility index (Phi) is 5.60. The molecule has 2 aromatic carbocycles. The lowest BCUT2D eigenvalue weighted by Crippen LogP contribution is -2.36. The summed E-state index contributed by atoms with van der Waals surface area (Å²) < 4.78 is 24.7. The van der Waals surface area contributed by atoms with Crippen molar-refractivity contribution >= 4 is 34.7 Å². The topological polar surface area (TPSA) is 77.8 Å². The first-order valence-electron chi connectivity index (χ1n) is 9.45. The van der Waals surface area contributed by atoms with E-state index in [-0.39, 0.29) is 29.6 Å². The van der Waals surface area contributed by atoms with Crippen LogP contribution in [0.3, 0.4) is 0 Å². The molecule has 3 aromatic rings. The van der Waals surface area contributed by atoms with Gasteiger partial charge >= 0.3 is 10.8 Å². The van der Waals surface area contributed by atoms with E-state index in [4.69, 9.17) is 9.47 Å². The van der Waals surface area contributed by atoms with Crippen molar-refractivity contribution in [3.8, 4) is 5.75 Å². The number of aromatic nitrogens is 1. The molecule has 2 heterocycles. The van der Waals surface area contributed by atoms with Gasteiger partial charge in [0.25, 0.3) is 0 Å². The summed E-state index contributed by atoms with van der Waals surface area (Å²) >= 11 is 0.968. The SMILES string of the molecule is COC(=O)Cn1c2c(sc1=O)[C@H](c1ccc(F)cc1)CC(=O)N2c1cccc(OC)c1. The van der Waals surface area contributed by atoms with Crippen molar-refractivity contribution in [1.29, 1.82) is 0 Å². The van der Waals surface area contributed by atoms with Crippen LogP contribution in [0.5, 0.6) is 5.75 Å². The Morgan fingerprint density at radius 1 is 1.16 bits per heavy atom. The molecule has 1 amide bonds. The van der Waals surface area contributed by atoms with E-state index in [1.165, 1.54) is 35.8 Å². The fraction of sp³-hybridized carbons (Fsp3) is 0.227. The Morgan fingerprint density at radius 3 is 2.58 bits per heavy atom. The lowest BCUT2D eigenvalue weighted by atomic mass is 9.90. The van der Waals surface area contributed by atoms with Crippen molar-refractivity contribution in [3.63, 3.8) is 0 Å². The molecule has 0 unspecified atom stereocenters. The fourth-order valence-corrected chi connectivity index (χ4v) is 4.77. The molecule has 0 fully saturated rings. The third kappa shape index (κ3) is 3.84. The minimum Gasteiger partial charge on any atom is -0.497 e. The first kappa shape index (κ1) is 20.8. The lowest BCUT2D eigenvalue weighted by molar-refractivity contribution is -0.141. The molecule has 0 bridgehead atoms. The van der Waals surface area contributed by atoms with Crippen LogP contribution in [0.15, 0.2) is 53.3 Å². The van der Waals surface area contributed by atoms with Crippen molar-refractivity contribution in [3.05, 3.63) is 74.5 Å². The molecule has 0 saturated heterocycles. The summed E-state index contributed by atoms with van der Waals surface area (Å²) in [5.74, 6) is -0.818. The summed E-state index contributed by atoms with van der Waals surface area (Å²) in [6, 6.07) is 12.7. The van der Waals surface area contributed by atoms with Gasteiger partial charge in [-0.2, -0.15) is 0 Å². The second-order valence-corrected chi connectivity index (χ2v) is 7.95. The smallest absolute Gasteiger partial charge is 0.325 e. The van der Waals surface area contributed by atoms with Crippen molar-refractivity contribution in [2.24, 2.45) is 0 Å². The van der Waals surface area contributed by atoms with E-state index in [9.17, 15) is 18.8 Å². The van der Waals surface area contributed by atoms with Crippen LogP contribution < -0.4 is 14.5 Å². The Hall–Kier alpha value is -3.46. The van der Waals surface area contributed by atoms with E-state index < -0.39 is 11.9 Å². The summed E-state index contributed by atoms with van der Waals surface area (Å²) in [6.07, 6.45) is 0.0913. The monoisotopic (exact) mass is 442 g/mol. The number of nitrogens with zero attached hydrogens (tertiary/aromatic N) is 2. The predicted octanol–water partition coefficient (Wildman–Crippen LogP) is 3.43. The largest absolute Gasteiger partial charge is 0.497 e. The molecule has 0 spiro atoms. The molecule has 31 heavy (non-hydrogen) atoms. The van der Waals surface area contributed by atoms with E-state index in [2.05, 4.69) is 0 Å². The first-order valence-corrected chi connectivity index (χ1v) is 10.3. The lowest BCUT2D eigenvalue weighted by Gasteiger charge is -2.32. The maximum Gasteiger partial charge on any atom is 0.325 e. The zero-order valence-electron chi connectivity index (χ0n) is 16.8. The quantitative estimate of drug-likeness (QED) is 0.566. The summed E-state index contributed by atoms with van der Waals surface area (Å²) in [4.78, 5) is 39.8. The number of methoxy groups -OCH3 is 2. The zero-order chi connectivity index (χ0) is 22.1. The highest BCUT2D eigenvalue weighted by atomic mass is 32.1. The number of thiazole rings is 1. The van der Waals surface area contributed by atoms with Gasteiger partial charge in [-0.1, -0.05) is 29.5 Å². The number of hydrogen-bond donors (Lipinski definition) is 0. The maximum atomic E-state index is 13.4. The summed E-state index contributed by atoms with van der Waals surface area (Å²) in [5, 5.41) is 0. The molecule has 1 aromatic heterocycles. The van der Waals surface area contributed by atoms with Gasteiger partial charge < -0.3 is 9.47 Å². The van der Waals surface area contributed by atoms with Crippen molar-refractivity contribution in [2.45, 2.75) is 18.9 Å². The number of fused-ring (bicyclic) bond motifs is 1. The van der Waals surface area contributed by atoms with E-state index in [1.54, 1.807) is 36.4 Å². The zero-order valence-corrected chi connectivity index (χ0v) is 17.6. The molecule has 7 nitrogen and oxygen atoms in total. The third-order valence-corrected chi connectivity index (χ3v) is 6.23. The number of carbonyl (C=O) groups is 2. The summed E-state index contributed by atoms with van der Waals surface area (Å²) in [7, 11) is 2.75. The minimum atomic E-state index is -0.607. The standard InChI is InChI=1S/C22H19FN2O5S/c1-29-16-5-3-4-15(10-16)25-18(26)11-17(13-6-8-14(23)9-7-13)20-21(25)24(22(28)31-20)12-19(27)30-2/h3-10,17H,11-12H2,1-2H3/t17-/m0/s1. The molecule has 4 rings (SSSR count). The molecule has 1 atom stereocenters. The Morgan fingerprint density at radius 2 is 1.90 bits per heavy atom. The van der Waals surface area contributed by atoms with Crippen LogP contribution in [0.25, 0.3) is 0 Å². The van der Waals surface area contributed by atoms with Gasteiger partial charge in [-0.3, -0.25) is 23.9 Å². The van der Waals surface area contributed by atoms with Gasteiger partial charge in [0.05, 0.1) is 24.8 Å². The van der Waals surface area contributed by atoms with Crippen molar-refractivity contribution in [1.82, 2.24) is 4.57 Å². The van der Waals surface area contributed by atoms with Crippen LogP contribution >= 0.6 is 11.3 Å². The van der Waals surface area contributed by atoms with Crippen LogP contribution in [0.1, 0.15) is 22.8 Å². The number of ether oxygens (including phenoxy) is 2. The molecule has 9 heteroatoms. The van der Waals surface area contributed by atoms with Crippen LogP contribution in [-0.4, -0.2) is 30.7 Å². The van der Waals surface area contributed by atoms with Crippen molar-refractivity contribution < 1.29 is 23.5 Å². The van der Waals surface area contributed by atoms with Crippen LogP contribution in [-0.2, 0) is 20.9 Å².